The lowest BCUT2D eigenvalue weighted by Crippen LogP contribution is -2.40. The molecule has 0 saturated carbocycles. The zero-order valence-corrected chi connectivity index (χ0v) is 16.5. The molecule has 1 amide bonds. The molecular formula is C19H36N2O3. The molecule has 5 heteroatoms. The zero-order chi connectivity index (χ0) is 19.2. The topological polar surface area (TPSA) is 59.5 Å². The summed E-state index contributed by atoms with van der Waals surface area (Å²) in [6.45, 7) is 16.8. The molecule has 140 valence electrons. The minimum absolute atomic E-state index is 0.239. The van der Waals surface area contributed by atoms with Crippen LogP contribution in [0.4, 0.5) is 0 Å². The van der Waals surface area contributed by atoms with Gasteiger partial charge in [0, 0.05) is 37.5 Å². The summed E-state index contributed by atoms with van der Waals surface area (Å²) in [7, 11) is 0. The Kier molecular flexibility index (Phi) is 26.6. The molecule has 1 aliphatic rings. The molecule has 5 nitrogen and oxygen atoms in total. The molecule has 2 heterocycles. The average molecular weight is 341 g/mol. The molecule has 1 aromatic heterocycles. The first-order valence-corrected chi connectivity index (χ1v) is 8.98. The van der Waals surface area contributed by atoms with Crippen molar-refractivity contribution in [2.45, 2.75) is 54.9 Å². The molecule has 0 spiro atoms. The number of amides is 1. The van der Waals surface area contributed by atoms with Gasteiger partial charge >= 0.3 is 0 Å². The van der Waals surface area contributed by atoms with Crippen molar-refractivity contribution < 1.29 is 14.3 Å². The predicted octanol–water partition coefficient (Wildman–Crippen LogP) is 4.23. The highest BCUT2D eigenvalue weighted by Crippen LogP contribution is 1.98. The van der Waals surface area contributed by atoms with Crippen LogP contribution in [0.2, 0.25) is 0 Å². The fourth-order valence-corrected chi connectivity index (χ4v) is 1.48. The van der Waals surface area contributed by atoms with Gasteiger partial charge in [-0.1, -0.05) is 48.5 Å². The van der Waals surface area contributed by atoms with Crippen LogP contribution in [0.1, 0.15) is 65.2 Å². The fraction of sp³-hybridized carbons (Fsp3) is 0.632. The number of hydrogen-bond donors (Lipinski definition) is 0. The molecule has 0 unspecified atom stereocenters. The Hall–Kier alpha value is -1.75. The number of carbonyl (C=O) groups excluding carboxylic acids is 2. The highest BCUT2D eigenvalue weighted by Gasteiger charge is 2.13. The second-order valence-corrected chi connectivity index (χ2v) is 3.75. The molecule has 1 aliphatic heterocycles. The molecule has 2 rings (SSSR count). The lowest BCUT2D eigenvalue weighted by atomic mass is 10.3. The number of ether oxygens (including phenoxy) is 1. The highest BCUT2D eigenvalue weighted by molar-refractivity contribution is 5.75. The van der Waals surface area contributed by atoms with Crippen molar-refractivity contribution in [1.29, 1.82) is 0 Å². The minimum Gasteiger partial charge on any atom is -0.378 e. The third-order valence-electron chi connectivity index (χ3n) is 2.49. The largest absolute Gasteiger partial charge is 0.378 e. The Balaban J connectivity index is -0.000000284. The van der Waals surface area contributed by atoms with Crippen LogP contribution < -0.4 is 0 Å². The van der Waals surface area contributed by atoms with Crippen LogP contribution in [0.3, 0.4) is 0 Å². The zero-order valence-electron chi connectivity index (χ0n) is 16.5. The number of carbonyl (C=O) groups is 2. The van der Waals surface area contributed by atoms with E-state index in [-0.39, 0.29) is 5.91 Å². The molecule has 1 aromatic rings. The first kappa shape index (κ1) is 27.1. The first-order valence-electron chi connectivity index (χ1n) is 8.98. The van der Waals surface area contributed by atoms with Gasteiger partial charge in [0.2, 0.25) is 5.91 Å². The first-order chi connectivity index (χ1) is 11.8. The van der Waals surface area contributed by atoms with Gasteiger partial charge in [-0.3, -0.25) is 14.6 Å². The summed E-state index contributed by atoms with van der Waals surface area (Å²) in [5, 5.41) is 0. The summed E-state index contributed by atoms with van der Waals surface area (Å²) in [5.74, 6) is 0.239. The quantitative estimate of drug-likeness (QED) is 0.756. The SMILES string of the molecule is CC.CC.CC.CCC(=O)N1CCOCC1.O=Cc1cccnc1. The van der Waals surface area contributed by atoms with E-state index in [0.29, 0.717) is 25.2 Å². The van der Waals surface area contributed by atoms with E-state index in [1.807, 2.05) is 53.4 Å². The van der Waals surface area contributed by atoms with E-state index in [1.54, 1.807) is 18.3 Å². The van der Waals surface area contributed by atoms with Crippen molar-refractivity contribution in [2.24, 2.45) is 0 Å². The number of aldehydes is 1. The molecular weight excluding hydrogens is 304 g/mol. The van der Waals surface area contributed by atoms with Crippen molar-refractivity contribution in [3.05, 3.63) is 30.1 Å². The number of aromatic nitrogens is 1. The van der Waals surface area contributed by atoms with Gasteiger partial charge in [0.1, 0.15) is 0 Å². The van der Waals surface area contributed by atoms with Crippen molar-refractivity contribution in [3.8, 4) is 0 Å². The van der Waals surface area contributed by atoms with Gasteiger partial charge in [0.15, 0.2) is 6.29 Å². The van der Waals surface area contributed by atoms with Crippen LogP contribution in [-0.2, 0) is 9.53 Å². The normalized spacial score (nSPS) is 11.5. The van der Waals surface area contributed by atoms with Gasteiger partial charge in [-0.2, -0.15) is 0 Å². The number of rotatable bonds is 2. The van der Waals surface area contributed by atoms with Crippen molar-refractivity contribution in [1.82, 2.24) is 9.88 Å². The van der Waals surface area contributed by atoms with Crippen molar-refractivity contribution in [3.63, 3.8) is 0 Å². The van der Waals surface area contributed by atoms with Crippen LogP contribution >= 0.6 is 0 Å². The maximum Gasteiger partial charge on any atom is 0.222 e. The van der Waals surface area contributed by atoms with E-state index in [4.69, 9.17) is 4.74 Å². The molecule has 0 radical (unpaired) electrons. The number of hydrogen-bond acceptors (Lipinski definition) is 4. The van der Waals surface area contributed by atoms with Crippen molar-refractivity contribution >= 4 is 12.2 Å². The molecule has 0 bridgehead atoms. The van der Waals surface area contributed by atoms with Gasteiger partial charge in [0.25, 0.3) is 0 Å². The lowest BCUT2D eigenvalue weighted by Gasteiger charge is -2.26. The van der Waals surface area contributed by atoms with E-state index < -0.39 is 0 Å². The summed E-state index contributed by atoms with van der Waals surface area (Å²) in [6, 6.07) is 3.43. The summed E-state index contributed by atoms with van der Waals surface area (Å²) in [6.07, 6.45) is 4.53. The molecule has 0 atom stereocenters. The van der Waals surface area contributed by atoms with Crippen LogP contribution in [0.5, 0.6) is 0 Å². The van der Waals surface area contributed by atoms with Gasteiger partial charge in [-0.15, -0.1) is 0 Å². The Morgan fingerprint density at radius 2 is 1.71 bits per heavy atom. The summed E-state index contributed by atoms with van der Waals surface area (Å²) in [5.41, 5.74) is 0.618. The number of nitrogens with zero attached hydrogens (tertiary/aromatic N) is 2. The Labute approximate surface area is 148 Å². The van der Waals surface area contributed by atoms with E-state index in [9.17, 15) is 9.59 Å². The van der Waals surface area contributed by atoms with Crippen LogP contribution in [0.15, 0.2) is 24.5 Å². The second kappa shape index (κ2) is 23.5. The van der Waals surface area contributed by atoms with Crippen LogP contribution in [-0.4, -0.2) is 48.4 Å². The molecule has 0 N–H and O–H groups in total. The number of pyridine rings is 1. The molecule has 0 aromatic carbocycles. The molecule has 1 saturated heterocycles. The van der Waals surface area contributed by atoms with Gasteiger partial charge in [-0.05, 0) is 12.1 Å². The smallest absolute Gasteiger partial charge is 0.222 e. The summed E-state index contributed by atoms with van der Waals surface area (Å²) >= 11 is 0. The van der Waals surface area contributed by atoms with E-state index in [1.165, 1.54) is 6.20 Å². The lowest BCUT2D eigenvalue weighted by molar-refractivity contribution is -0.134. The van der Waals surface area contributed by atoms with E-state index in [0.717, 1.165) is 19.4 Å². The summed E-state index contributed by atoms with van der Waals surface area (Å²) < 4.78 is 5.10. The third-order valence-corrected chi connectivity index (χ3v) is 2.49. The Morgan fingerprint density at radius 1 is 1.17 bits per heavy atom. The second-order valence-electron chi connectivity index (χ2n) is 3.75. The van der Waals surface area contributed by atoms with Crippen molar-refractivity contribution in [2.75, 3.05) is 26.3 Å². The Morgan fingerprint density at radius 3 is 2.04 bits per heavy atom. The fourth-order valence-electron chi connectivity index (χ4n) is 1.48. The Bertz CT molecular complexity index is 364. The van der Waals surface area contributed by atoms with E-state index in [2.05, 4.69) is 4.98 Å². The molecule has 1 fully saturated rings. The third kappa shape index (κ3) is 15.2. The minimum atomic E-state index is 0.239. The predicted molar refractivity (Wildman–Crippen MR) is 101 cm³/mol. The molecule has 0 aliphatic carbocycles. The van der Waals surface area contributed by atoms with Crippen LogP contribution in [0, 0.1) is 0 Å². The monoisotopic (exact) mass is 340 g/mol. The van der Waals surface area contributed by atoms with E-state index >= 15 is 0 Å². The van der Waals surface area contributed by atoms with Gasteiger partial charge in [0.05, 0.1) is 13.2 Å². The highest BCUT2D eigenvalue weighted by atomic mass is 16.5. The van der Waals surface area contributed by atoms with Gasteiger partial charge < -0.3 is 9.64 Å². The van der Waals surface area contributed by atoms with Crippen LogP contribution in [0.25, 0.3) is 0 Å². The van der Waals surface area contributed by atoms with Gasteiger partial charge in [-0.25, -0.2) is 0 Å². The number of morpholine rings is 1. The summed E-state index contributed by atoms with van der Waals surface area (Å²) in [4.78, 5) is 26.6. The molecule has 24 heavy (non-hydrogen) atoms. The maximum absolute atomic E-state index is 11.0. The average Bonchev–Trinajstić information content (AvgIpc) is 2.73. The maximum atomic E-state index is 11.0. The standard InChI is InChI=1S/C7H13NO2.C6H5NO.3C2H6/c1-2-7(9)8-3-5-10-6-4-8;8-5-6-2-1-3-7-4-6;3*1-2/h2-6H2,1H3;1-5H;3*1-2H3.